The third-order valence-corrected chi connectivity index (χ3v) is 4.94. The highest BCUT2D eigenvalue weighted by Gasteiger charge is 2.66. The largest absolute Gasteiger partial charge is 0.362 e. The standard InChI is InChI=1S/C17H17NO3/c1-3-10-6-4-5-7-11(10)18-15(19)13-12-8-9-17(2,21-12)14(13)16(18)20/h4-9,12-14H,3H2,1-2H3/t12-,13-,14+,17-/m1/s1. The number of rotatable bonds is 2. The van der Waals surface area contributed by atoms with Gasteiger partial charge in [0.25, 0.3) is 0 Å². The Morgan fingerprint density at radius 1 is 1.24 bits per heavy atom. The van der Waals surface area contributed by atoms with Gasteiger partial charge in [-0.15, -0.1) is 0 Å². The van der Waals surface area contributed by atoms with E-state index in [4.69, 9.17) is 4.74 Å². The van der Waals surface area contributed by atoms with Crippen LogP contribution in [0.1, 0.15) is 19.4 Å². The molecule has 0 unspecified atom stereocenters. The van der Waals surface area contributed by atoms with Crippen LogP contribution in [-0.2, 0) is 20.7 Å². The average molecular weight is 283 g/mol. The number of hydrogen-bond acceptors (Lipinski definition) is 3. The topological polar surface area (TPSA) is 46.6 Å². The molecule has 0 aromatic heterocycles. The molecular weight excluding hydrogens is 266 g/mol. The smallest absolute Gasteiger partial charge is 0.241 e. The first-order chi connectivity index (χ1) is 10.1. The first-order valence-electron chi connectivity index (χ1n) is 7.39. The molecule has 2 fully saturated rings. The Hall–Kier alpha value is -1.94. The van der Waals surface area contributed by atoms with Crippen LogP contribution in [0.4, 0.5) is 5.69 Å². The summed E-state index contributed by atoms with van der Waals surface area (Å²) in [7, 11) is 0. The SMILES string of the molecule is CCc1ccccc1N1C(=O)[C@H]2[C@@H](C1=O)[C@@]1(C)C=C[C@H]2O1. The molecule has 3 aliphatic heterocycles. The van der Waals surface area contributed by atoms with Crippen LogP contribution in [0, 0.1) is 11.8 Å². The lowest BCUT2D eigenvalue weighted by atomic mass is 9.78. The number of carbonyl (C=O) groups excluding carboxylic acids is 2. The molecule has 4 heteroatoms. The fourth-order valence-corrected chi connectivity index (χ4v) is 3.92. The van der Waals surface area contributed by atoms with Crippen molar-refractivity contribution in [1.82, 2.24) is 0 Å². The molecule has 3 heterocycles. The van der Waals surface area contributed by atoms with E-state index in [2.05, 4.69) is 0 Å². The monoisotopic (exact) mass is 283 g/mol. The van der Waals surface area contributed by atoms with Crippen LogP contribution in [-0.4, -0.2) is 23.5 Å². The summed E-state index contributed by atoms with van der Waals surface area (Å²) in [6.45, 7) is 3.93. The van der Waals surface area contributed by atoms with Gasteiger partial charge in [0.2, 0.25) is 11.8 Å². The van der Waals surface area contributed by atoms with Crippen molar-refractivity contribution in [2.45, 2.75) is 32.0 Å². The van der Waals surface area contributed by atoms with Gasteiger partial charge in [-0.05, 0) is 25.0 Å². The Morgan fingerprint density at radius 3 is 2.71 bits per heavy atom. The van der Waals surface area contributed by atoms with Crippen molar-refractivity contribution in [3.05, 3.63) is 42.0 Å². The van der Waals surface area contributed by atoms with E-state index >= 15 is 0 Å². The van der Waals surface area contributed by atoms with Crippen LogP contribution < -0.4 is 4.90 Å². The maximum atomic E-state index is 12.9. The number of benzene rings is 1. The van der Waals surface area contributed by atoms with Gasteiger partial charge in [0.05, 0.1) is 29.2 Å². The molecule has 0 N–H and O–H groups in total. The van der Waals surface area contributed by atoms with Crippen LogP contribution >= 0.6 is 0 Å². The van der Waals surface area contributed by atoms with Crippen LogP contribution in [0.15, 0.2) is 36.4 Å². The number of amides is 2. The average Bonchev–Trinajstić information content (AvgIpc) is 3.08. The number of hydrogen-bond donors (Lipinski definition) is 0. The van der Waals surface area contributed by atoms with Crippen molar-refractivity contribution in [3.8, 4) is 0 Å². The van der Waals surface area contributed by atoms with Crippen molar-refractivity contribution < 1.29 is 14.3 Å². The van der Waals surface area contributed by atoms with E-state index in [1.165, 1.54) is 4.90 Å². The molecule has 2 saturated heterocycles. The third kappa shape index (κ3) is 1.48. The highest BCUT2D eigenvalue weighted by molar-refractivity contribution is 6.23. The van der Waals surface area contributed by atoms with E-state index in [-0.39, 0.29) is 29.8 Å². The second-order valence-electron chi connectivity index (χ2n) is 6.12. The number of aryl methyl sites for hydroxylation is 1. The fourth-order valence-electron chi connectivity index (χ4n) is 3.92. The van der Waals surface area contributed by atoms with Crippen molar-refractivity contribution in [2.75, 3.05) is 4.90 Å². The Bertz CT molecular complexity index is 680. The lowest BCUT2D eigenvalue weighted by molar-refractivity contribution is -0.126. The lowest BCUT2D eigenvalue weighted by Crippen LogP contribution is -2.39. The van der Waals surface area contributed by atoms with Gasteiger partial charge >= 0.3 is 0 Å². The number of imide groups is 1. The second kappa shape index (κ2) is 4.04. The van der Waals surface area contributed by atoms with E-state index in [1.54, 1.807) is 0 Å². The van der Waals surface area contributed by atoms with Gasteiger partial charge in [-0.1, -0.05) is 37.3 Å². The lowest BCUT2D eigenvalue weighted by Gasteiger charge is -2.24. The van der Waals surface area contributed by atoms with E-state index in [9.17, 15) is 9.59 Å². The molecule has 0 spiro atoms. The minimum absolute atomic E-state index is 0.121. The molecule has 108 valence electrons. The fraction of sp³-hybridized carbons (Fsp3) is 0.412. The Morgan fingerprint density at radius 2 is 2.00 bits per heavy atom. The molecule has 0 saturated carbocycles. The van der Waals surface area contributed by atoms with E-state index in [0.29, 0.717) is 0 Å². The predicted molar refractivity (Wildman–Crippen MR) is 77.7 cm³/mol. The second-order valence-corrected chi connectivity index (χ2v) is 6.12. The predicted octanol–water partition coefficient (Wildman–Crippen LogP) is 2.08. The normalized spacial score (nSPS) is 36.7. The summed E-state index contributed by atoms with van der Waals surface area (Å²) >= 11 is 0. The maximum Gasteiger partial charge on any atom is 0.241 e. The van der Waals surface area contributed by atoms with Crippen LogP contribution in [0.2, 0.25) is 0 Å². The van der Waals surface area contributed by atoms with Gasteiger partial charge in [-0.25, -0.2) is 4.90 Å². The van der Waals surface area contributed by atoms with E-state index in [1.807, 2.05) is 50.3 Å². The van der Waals surface area contributed by atoms with Crippen LogP contribution in [0.25, 0.3) is 0 Å². The molecule has 2 amide bonds. The molecule has 4 rings (SSSR count). The van der Waals surface area contributed by atoms with E-state index in [0.717, 1.165) is 17.7 Å². The number of para-hydroxylation sites is 1. The maximum absolute atomic E-state index is 12.9. The van der Waals surface area contributed by atoms with Gasteiger partial charge in [0.15, 0.2) is 0 Å². The Labute approximate surface area is 123 Å². The van der Waals surface area contributed by atoms with Gasteiger partial charge in [-0.3, -0.25) is 9.59 Å². The first-order valence-corrected chi connectivity index (χ1v) is 7.39. The highest BCUT2D eigenvalue weighted by atomic mass is 16.5. The van der Waals surface area contributed by atoms with Crippen LogP contribution in [0.3, 0.4) is 0 Å². The number of anilines is 1. The van der Waals surface area contributed by atoms with Gasteiger partial charge in [-0.2, -0.15) is 0 Å². The minimum Gasteiger partial charge on any atom is -0.362 e. The zero-order valence-electron chi connectivity index (χ0n) is 12.1. The molecule has 2 bridgehead atoms. The summed E-state index contributed by atoms with van der Waals surface area (Å²) in [4.78, 5) is 27.0. The minimum atomic E-state index is -0.627. The first kappa shape index (κ1) is 12.8. The number of carbonyl (C=O) groups is 2. The summed E-state index contributed by atoms with van der Waals surface area (Å²) in [6.07, 6.45) is 4.38. The zero-order valence-corrected chi connectivity index (χ0v) is 12.1. The van der Waals surface area contributed by atoms with Gasteiger partial charge in [0, 0.05) is 0 Å². The molecule has 3 aliphatic rings. The van der Waals surface area contributed by atoms with Gasteiger partial charge < -0.3 is 4.74 Å². The summed E-state index contributed by atoms with van der Waals surface area (Å²) in [6, 6.07) is 7.63. The molecule has 0 aliphatic carbocycles. The Balaban J connectivity index is 1.80. The molecule has 0 radical (unpaired) electrons. The van der Waals surface area contributed by atoms with E-state index < -0.39 is 5.60 Å². The van der Waals surface area contributed by atoms with Gasteiger partial charge in [0.1, 0.15) is 0 Å². The molecule has 1 aromatic rings. The summed E-state index contributed by atoms with van der Waals surface area (Å²) < 4.78 is 5.83. The molecule has 4 atom stereocenters. The van der Waals surface area contributed by atoms with Crippen molar-refractivity contribution >= 4 is 17.5 Å². The summed E-state index contributed by atoms with van der Waals surface area (Å²) in [5, 5.41) is 0. The molecular formula is C17H17NO3. The molecule has 21 heavy (non-hydrogen) atoms. The highest BCUT2D eigenvalue weighted by Crippen LogP contribution is 2.52. The van der Waals surface area contributed by atoms with Crippen molar-refractivity contribution in [3.63, 3.8) is 0 Å². The number of fused-ring (bicyclic) bond motifs is 5. The molecule has 1 aromatic carbocycles. The summed E-state index contributed by atoms with van der Waals surface area (Å²) in [5.41, 5.74) is 1.12. The van der Waals surface area contributed by atoms with Crippen molar-refractivity contribution in [1.29, 1.82) is 0 Å². The Kier molecular flexibility index (Phi) is 2.46. The number of ether oxygens (including phenoxy) is 1. The number of nitrogens with zero attached hydrogens (tertiary/aromatic N) is 1. The zero-order chi connectivity index (χ0) is 14.8. The third-order valence-electron chi connectivity index (χ3n) is 4.94. The van der Waals surface area contributed by atoms with Crippen molar-refractivity contribution in [2.24, 2.45) is 11.8 Å². The molecule has 4 nitrogen and oxygen atoms in total. The van der Waals surface area contributed by atoms with Crippen LogP contribution in [0.5, 0.6) is 0 Å². The summed E-state index contributed by atoms with van der Waals surface area (Å²) in [5.74, 6) is -0.994. The quantitative estimate of drug-likeness (QED) is 0.616.